The first-order chi connectivity index (χ1) is 9.20. The number of rotatable bonds is 6. The van der Waals surface area contributed by atoms with Gasteiger partial charge in [-0.1, -0.05) is 17.5 Å². The third-order valence-electron chi connectivity index (χ3n) is 2.02. The Labute approximate surface area is 122 Å². The van der Waals surface area contributed by atoms with Crippen LogP contribution in [0.4, 0.5) is 5.69 Å². The largest absolute Gasteiger partial charge is 0.480 e. The third kappa shape index (κ3) is 3.45. The predicted octanol–water partition coefficient (Wildman–Crippen LogP) is 1.02. The second-order valence-electron chi connectivity index (χ2n) is 3.35. The first kappa shape index (κ1) is 16.4. The SMILES string of the molecule is C#CCN(CC(=O)O)S(=O)(=O)c1cc([N+](=O)[O-])c(Cl)s1. The van der Waals surface area contributed by atoms with Gasteiger partial charge in [0.2, 0.25) is 0 Å². The minimum absolute atomic E-state index is 0.315. The van der Waals surface area contributed by atoms with Crippen molar-refractivity contribution < 1.29 is 23.2 Å². The molecule has 0 saturated carbocycles. The van der Waals surface area contributed by atoms with E-state index in [9.17, 15) is 23.3 Å². The fraction of sp³-hybridized carbons (Fsp3) is 0.222. The molecule has 108 valence electrons. The Morgan fingerprint density at radius 3 is 2.65 bits per heavy atom. The van der Waals surface area contributed by atoms with E-state index in [0.717, 1.165) is 6.07 Å². The fourth-order valence-corrected chi connectivity index (χ4v) is 4.32. The monoisotopic (exact) mass is 338 g/mol. The molecule has 1 N–H and O–H groups in total. The predicted molar refractivity (Wildman–Crippen MR) is 71.2 cm³/mol. The normalized spacial score (nSPS) is 11.2. The van der Waals surface area contributed by atoms with Crippen LogP contribution in [0.25, 0.3) is 0 Å². The molecule has 0 saturated heterocycles. The molecule has 0 atom stereocenters. The van der Waals surface area contributed by atoms with Crippen molar-refractivity contribution in [3.63, 3.8) is 0 Å². The van der Waals surface area contributed by atoms with Gasteiger partial charge in [-0.3, -0.25) is 14.9 Å². The smallest absolute Gasteiger partial charge is 0.318 e. The molecule has 1 heterocycles. The average Bonchev–Trinajstić information content (AvgIpc) is 2.71. The highest BCUT2D eigenvalue weighted by molar-refractivity contribution is 7.91. The molecule has 0 unspecified atom stereocenters. The lowest BCUT2D eigenvalue weighted by Crippen LogP contribution is -2.35. The molecular weight excluding hydrogens is 332 g/mol. The number of nitro groups is 1. The number of thiophene rings is 1. The minimum atomic E-state index is -4.25. The van der Waals surface area contributed by atoms with Crippen LogP contribution in [0.1, 0.15) is 0 Å². The number of carbonyl (C=O) groups is 1. The van der Waals surface area contributed by atoms with Gasteiger partial charge in [0.05, 0.1) is 11.5 Å². The van der Waals surface area contributed by atoms with Crippen LogP contribution in [0.15, 0.2) is 10.3 Å². The number of aliphatic carboxylic acids is 1. The molecule has 0 aliphatic carbocycles. The number of hydrogen-bond acceptors (Lipinski definition) is 6. The molecule has 0 fully saturated rings. The Morgan fingerprint density at radius 1 is 1.65 bits per heavy atom. The van der Waals surface area contributed by atoms with Gasteiger partial charge in [-0.25, -0.2) is 8.42 Å². The number of terminal acetylenes is 1. The van der Waals surface area contributed by atoms with E-state index in [1.807, 2.05) is 5.92 Å². The first-order valence-corrected chi connectivity index (χ1v) is 7.42. The molecule has 1 aromatic heterocycles. The molecule has 11 heteroatoms. The quantitative estimate of drug-likeness (QED) is 0.470. The van der Waals surface area contributed by atoms with Crippen LogP contribution in [-0.4, -0.2) is 41.8 Å². The van der Waals surface area contributed by atoms with Crippen LogP contribution < -0.4 is 0 Å². The van der Waals surface area contributed by atoms with Crippen molar-refractivity contribution in [3.05, 3.63) is 20.5 Å². The first-order valence-electron chi connectivity index (χ1n) is 4.79. The van der Waals surface area contributed by atoms with E-state index >= 15 is 0 Å². The third-order valence-corrected chi connectivity index (χ3v) is 5.59. The maximum atomic E-state index is 12.1. The molecular formula is C9H7ClN2O6S2. The molecule has 0 radical (unpaired) electrons. The maximum Gasteiger partial charge on any atom is 0.318 e. The van der Waals surface area contributed by atoms with Gasteiger partial charge in [0.25, 0.3) is 15.7 Å². The highest BCUT2D eigenvalue weighted by Crippen LogP contribution is 2.37. The molecule has 20 heavy (non-hydrogen) atoms. The summed E-state index contributed by atoms with van der Waals surface area (Å²) >= 11 is 6.03. The Kier molecular flexibility index (Phi) is 5.07. The minimum Gasteiger partial charge on any atom is -0.480 e. The number of hydrogen-bond donors (Lipinski definition) is 1. The van der Waals surface area contributed by atoms with Crippen molar-refractivity contribution in [1.82, 2.24) is 4.31 Å². The molecule has 0 spiro atoms. The van der Waals surface area contributed by atoms with E-state index in [-0.39, 0.29) is 4.34 Å². The van der Waals surface area contributed by atoms with E-state index in [1.54, 1.807) is 0 Å². The zero-order valence-corrected chi connectivity index (χ0v) is 12.0. The van der Waals surface area contributed by atoms with E-state index in [2.05, 4.69) is 0 Å². The van der Waals surface area contributed by atoms with Crippen LogP contribution in [0.2, 0.25) is 4.34 Å². The van der Waals surface area contributed by atoms with Crippen LogP contribution in [0.5, 0.6) is 0 Å². The van der Waals surface area contributed by atoms with Crippen LogP contribution in [-0.2, 0) is 14.8 Å². The Morgan fingerprint density at radius 2 is 2.25 bits per heavy atom. The van der Waals surface area contributed by atoms with E-state index in [1.165, 1.54) is 0 Å². The van der Waals surface area contributed by atoms with Crippen molar-refractivity contribution in [1.29, 1.82) is 0 Å². The van der Waals surface area contributed by atoms with Crippen molar-refractivity contribution >= 4 is 44.6 Å². The maximum absolute atomic E-state index is 12.1. The molecule has 0 bridgehead atoms. The standard InChI is InChI=1S/C9H7ClN2O6S2/c1-2-3-11(5-7(13)14)20(17,18)8-4-6(12(15)16)9(10)19-8/h1,4H,3,5H2,(H,13,14). The Bertz CT molecular complexity index is 690. The summed E-state index contributed by atoms with van der Waals surface area (Å²) in [7, 11) is -4.25. The summed E-state index contributed by atoms with van der Waals surface area (Å²) in [5, 5.41) is 19.3. The van der Waals surface area contributed by atoms with E-state index < -0.39 is 43.9 Å². The summed E-state index contributed by atoms with van der Waals surface area (Å²) in [4.78, 5) is 20.4. The number of nitrogens with zero attached hydrogens (tertiary/aromatic N) is 2. The molecule has 0 aliphatic rings. The highest BCUT2D eigenvalue weighted by atomic mass is 35.5. The van der Waals surface area contributed by atoms with Gasteiger partial charge < -0.3 is 5.11 Å². The van der Waals surface area contributed by atoms with Crippen LogP contribution >= 0.6 is 22.9 Å². The Balaban J connectivity index is 3.26. The zero-order chi connectivity index (χ0) is 15.5. The summed E-state index contributed by atoms with van der Waals surface area (Å²) in [6, 6.07) is 0.772. The van der Waals surface area contributed by atoms with Gasteiger partial charge >= 0.3 is 5.97 Å². The van der Waals surface area contributed by atoms with Crippen molar-refractivity contribution in [2.75, 3.05) is 13.1 Å². The van der Waals surface area contributed by atoms with Crippen LogP contribution in [0.3, 0.4) is 0 Å². The lowest BCUT2D eigenvalue weighted by molar-refractivity contribution is -0.384. The lowest BCUT2D eigenvalue weighted by Gasteiger charge is -2.15. The van der Waals surface area contributed by atoms with Crippen LogP contribution in [0, 0.1) is 22.5 Å². The summed E-state index contributed by atoms with van der Waals surface area (Å²) in [6.45, 7) is -1.33. The van der Waals surface area contributed by atoms with E-state index in [4.69, 9.17) is 23.1 Å². The van der Waals surface area contributed by atoms with Gasteiger partial charge in [-0.05, 0) is 0 Å². The summed E-state index contributed by atoms with van der Waals surface area (Å²) in [5.41, 5.74) is -0.564. The zero-order valence-electron chi connectivity index (χ0n) is 9.65. The second-order valence-corrected chi connectivity index (χ2v) is 7.17. The second kappa shape index (κ2) is 6.19. The number of halogens is 1. The molecule has 8 nitrogen and oxygen atoms in total. The van der Waals surface area contributed by atoms with Crippen molar-refractivity contribution in [2.45, 2.75) is 4.21 Å². The number of carboxylic acids is 1. The van der Waals surface area contributed by atoms with Gasteiger partial charge in [-0.2, -0.15) is 4.31 Å². The lowest BCUT2D eigenvalue weighted by atomic mass is 10.6. The fourth-order valence-electron chi connectivity index (χ4n) is 1.20. The van der Waals surface area contributed by atoms with Gasteiger partial charge in [0.15, 0.2) is 4.34 Å². The summed E-state index contributed by atoms with van der Waals surface area (Å²) in [6.07, 6.45) is 4.98. The highest BCUT2D eigenvalue weighted by Gasteiger charge is 2.31. The van der Waals surface area contributed by atoms with Crippen molar-refractivity contribution in [2.24, 2.45) is 0 Å². The molecule has 0 amide bonds. The van der Waals surface area contributed by atoms with Gasteiger partial charge in [0.1, 0.15) is 10.8 Å². The summed E-state index contributed by atoms with van der Waals surface area (Å²) < 4.78 is 24.0. The summed E-state index contributed by atoms with van der Waals surface area (Å²) in [5.74, 6) is 0.613. The molecule has 1 rings (SSSR count). The van der Waals surface area contributed by atoms with E-state index in [0.29, 0.717) is 15.6 Å². The number of carboxylic acid groups (broad SMARTS) is 1. The molecule has 0 aromatic carbocycles. The Hall–Kier alpha value is -1.67. The number of sulfonamides is 1. The average molecular weight is 339 g/mol. The topological polar surface area (TPSA) is 118 Å². The molecule has 1 aromatic rings. The van der Waals surface area contributed by atoms with Gasteiger partial charge in [-0.15, -0.1) is 17.8 Å². The van der Waals surface area contributed by atoms with Gasteiger partial charge in [0, 0.05) is 6.07 Å². The molecule has 0 aliphatic heterocycles. The van der Waals surface area contributed by atoms with Crippen molar-refractivity contribution in [3.8, 4) is 12.3 Å².